The van der Waals surface area contributed by atoms with Crippen LogP contribution in [0.5, 0.6) is 0 Å². The number of amides is 1. The molecule has 0 bridgehead atoms. The zero-order chi connectivity index (χ0) is 16.0. The molecule has 0 aromatic rings. The lowest BCUT2D eigenvalue weighted by atomic mass is 10.0. The first-order chi connectivity index (χ1) is 8.81. The van der Waals surface area contributed by atoms with E-state index in [4.69, 9.17) is 9.47 Å². The molecule has 120 valence electrons. The van der Waals surface area contributed by atoms with Crippen LogP contribution in [0, 0.1) is 0 Å². The third-order valence-electron chi connectivity index (χ3n) is 2.60. The number of aliphatic hydroxyl groups is 1. The fourth-order valence-electron chi connectivity index (χ4n) is 1.43. The summed E-state index contributed by atoms with van der Waals surface area (Å²) >= 11 is 0. The minimum atomic E-state index is -0.717. The van der Waals surface area contributed by atoms with Crippen molar-refractivity contribution in [2.24, 2.45) is 0 Å². The van der Waals surface area contributed by atoms with E-state index < -0.39 is 17.3 Å². The average molecular weight is 289 g/mol. The minimum Gasteiger partial charge on any atom is -0.444 e. The summed E-state index contributed by atoms with van der Waals surface area (Å²) in [4.78, 5) is 11.5. The van der Waals surface area contributed by atoms with Gasteiger partial charge in [-0.05, 0) is 61.3 Å². The molecule has 0 saturated heterocycles. The van der Waals surface area contributed by atoms with Gasteiger partial charge in [0.25, 0.3) is 0 Å². The number of alkyl carbamates (subject to hydrolysis) is 1. The average Bonchev–Trinajstić information content (AvgIpc) is 2.10. The molecule has 0 atom stereocenters. The highest BCUT2D eigenvalue weighted by Crippen LogP contribution is 2.16. The van der Waals surface area contributed by atoms with E-state index in [0.717, 1.165) is 0 Å². The molecule has 0 saturated carbocycles. The lowest BCUT2D eigenvalue weighted by molar-refractivity contribution is -0.0495. The molecule has 0 aliphatic carbocycles. The Morgan fingerprint density at radius 2 is 1.60 bits per heavy atom. The van der Waals surface area contributed by atoms with Gasteiger partial charge in [0, 0.05) is 6.54 Å². The van der Waals surface area contributed by atoms with Crippen molar-refractivity contribution in [3.8, 4) is 0 Å². The molecule has 0 fully saturated rings. The minimum absolute atomic E-state index is 0.347. The maximum atomic E-state index is 11.5. The van der Waals surface area contributed by atoms with Gasteiger partial charge in [0.15, 0.2) is 0 Å². The van der Waals surface area contributed by atoms with Crippen molar-refractivity contribution in [1.82, 2.24) is 5.32 Å². The summed E-state index contributed by atoms with van der Waals surface area (Å²) in [6.45, 7) is 13.9. The molecule has 0 rings (SSSR count). The number of hydrogen-bond acceptors (Lipinski definition) is 4. The molecule has 5 heteroatoms. The van der Waals surface area contributed by atoms with Gasteiger partial charge in [-0.1, -0.05) is 0 Å². The standard InChI is InChI=1S/C15H31NO4/c1-13(2,3)20-12(17)16-10-8-15(6,7)19-11-9-14(4,5)18/h18H,8-11H2,1-7H3,(H,16,17). The highest BCUT2D eigenvalue weighted by Gasteiger charge is 2.21. The van der Waals surface area contributed by atoms with E-state index in [1.807, 2.05) is 34.6 Å². The lowest BCUT2D eigenvalue weighted by Crippen LogP contribution is -2.37. The van der Waals surface area contributed by atoms with E-state index in [1.54, 1.807) is 13.8 Å². The second-order valence-corrected chi connectivity index (χ2v) is 7.35. The number of carbonyl (C=O) groups excluding carboxylic acids is 1. The first-order valence-electron chi connectivity index (χ1n) is 7.14. The molecule has 0 aromatic heterocycles. The topological polar surface area (TPSA) is 67.8 Å². The molecule has 5 nitrogen and oxygen atoms in total. The molecule has 0 unspecified atom stereocenters. The normalized spacial score (nSPS) is 13.2. The summed E-state index contributed by atoms with van der Waals surface area (Å²) in [6, 6.07) is 0. The van der Waals surface area contributed by atoms with Crippen LogP contribution >= 0.6 is 0 Å². The molecular formula is C15H31NO4. The smallest absolute Gasteiger partial charge is 0.407 e. The van der Waals surface area contributed by atoms with Gasteiger partial charge in [-0.15, -0.1) is 0 Å². The van der Waals surface area contributed by atoms with Crippen molar-refractivity contribution in [2.75, 3.05) is 13.2 Å². The molecule has 0 spiro atoms. The van der Waals surface area contributed by atoms with Gasteiger partial charge >= 0.3 is 6.09 Å². The summed E-state index contributed by atoms with van der Waals surface area (Å²) in [5.74, 6) is 0. The summed E-state index contributed by atoms with van der Waals surface area (Å²) in [6.07, 6.45) is 0.846. The number of rotatable bonds is 7. The third kappa shape index (κ3) is 12.2. The molecule has 0 aromatic carbocycles. The van der Waals surface area contributed by atoms with Crippen molar-refractivity contribution in [2.45, 2.75) is 78.1 Å². The predicted molar refractivity (Wildman–Crippen MR) is 79.8 cm³/mol. The van der Waals surface area contributed by atoms with E-state index in [0.29, 0.717) is 26.0 Å². The Labute approximate surface area is 123 Å². The predicted octanol–water partition coefficient (Wildman–Crippen LogP) is 2.86. The first-order valence-corrected chi connectivity index (χ1v) is 7.14. The summed E-state index contributed by atoms with van der Waals surface area (Å²) in [5, 5.41) is 12.3. The van der Waals surface area contributed by atoms with Gasteiger partial charge in [0.1, 0.15) is 5.60 Å². The van der Waals surface area contributed by atoms with Crippen molar-refractivity contribution in [3.63, 3.8) is 0 Å². The second kappa shape index (κ2) is 7.27. The molecule has 1 amide bonds. The zero-order valence-corrected chi connectivity index (χ0v) is 14.0. The monoisotopic (exact) mass is 289 g/mol. The fraction of sp³-hybridized carbons (Fsp3) is 0.933. The Kier molecular flexibility index (Phi) is 6.98. The van der Waals surface area contributed by atoms with Gasteiger partial charge in [-0.25, -0.2) is 4.79 Å². The Morgan fingerprint density at radius 1 is 1.05 bits per heavy atom. The number of ether oxygens (including phenoxy) is 2. The summed E-state index contributed by atoms with van der Waals surface area (Å²) in [7, 11) is 0. The lowest BCUT2D eigenvalue weighted by Gasteiger charge is -2.27. The van der Waals surface area contributed by atoms with Gasteiger partial charge in [0.2, 0.25) is 0 Å². The van der Waals surface area contributed by atoms with Crippen LogP contribution in [0.2, 0.25) is 0 Å². The second-order valence-electron chi connectivity index (χ2n) is 7.35. The molecule has 0 aliphatic rings. The van der Waals surface area contributed by atoms with Gasteiger partial charge in [-0.2, -0.15) is 0 Å². The van der Waals surface area contributed by atoms with Crippen molar-refractivity contribution in [1.29, 1.82) is 0 Å². The van der Waals surface area contributed by atoms with Gasteiger partial charge in [0.05, 0.1) is 17.8 Å². The molecule has 0 heterocycles. The quantitative estimate of drug-likeness (QED) is 0.756. The summed E-state index contributed by atoms with van der Waals surface area (Å²) in [5.41, 5.74) is -1.55. The summed E-state index contributed by atoms with van der Waals surface area (Å²) < 4.78 is 10.9. The van der Waals surface area contributed by atoms with Crippen LogP contribution in [-0.4, -0.2) is 41.2 Å². The highest BCUT2D eigenvalue weighted by atomic mass is 16.6. The molecule has 0 radical (unpaired) electrons. The Morgan fingerprint density at radius 3 is 2.05 bits per heavy atom. The molecule has 2 N–H and O–H groups in total. The Hall–Kier alpha value is -0.810. The van der Waals surface area contributed by atoms with Crippen LogP contribution in [0.3, 0.4) is 0 Å². The Bertz CT molecular complexity index is 300. The van der Waals surface area contributed by atoms with Gasteiger partial charge in [-0.3, -0.25) is 0 Å². The van der Waals surface area contributed by atoms with Crippen molar-refractivity contribution in [3.05, 3.63) is 0 Å². The van der Waals surface area contributed by atoms with Crippen LogP contribution < -0.4 is 5.32 Å². The largest absolute Gasteiger partial charge is 0.444 e. The van der Waals surface area contributed by atoms with Crippen LogP contribution in [0.15, 0.2) is 0 Å². The van der Waals surface area contributed by atoms with Crippen molar-refractivity contribution >= 4 is 6.09 Å². The molecule has 0 aliphatic heterocycles. The van der Waals surface area contributed by atoms with E-state index in [1.165, 1.54) is 0 Å². The van der Waals surface area contributed by atoms with Crippen molar-refractivity contribution < 1.29 is 19.4 Å². The van der Waals surface area contributed by atoms with Crippen LogP contribution in [0.25, 0.3) is 0 Å². The van der Waals surface area contributed by atoms with E-state index in [9.17, 15) is 9.90 Å². The third-order valence-corrected chi connectivity index (χ3v) is 2.60. The zero-order valence-electron chi connectivity index (χ0n) is 14.0. The molecular weight excluding hydrogens is 258 g/mol. The van der Waals surface area contributed by atoms with Crippen LogP contribution in [-0.2, 0) is 9.47 Å². The van der Waals surface area contributed by atoms with Crippen LogP contribution in [0.1, 0.15) is 61.3 Å². The number of nitrogens with one attached hydrogen (secondary N) is 1. The SMILES string of the molecule is CC(C)(O)CCOC(C)(C)CCNC(=O)OC(C)(C)C. The number of hydrogen-bond donors (Lipinski definition) is 2. The highest BCUT2D eigenvalue weighted by molar-refractivity contribution is 5.67. The van der Waals surface area contributed by atoms with E-state index in [-0.39, 0.29) is 5.60 Å². The molecule has 20 heavy (non-hydrogen) atoms. The number of carbonyl (C=O) groups is 1. The van der Waals surface area contributed by atoms with Crippen LogP contribution in [0.4, 0.5) is 4.79 Å². The van der Waals surface area contributed by atoms with E-state index in [2.05, 4.69) is 5.32 Å². The maximum Gasteiger partial charge on any atom is 0.407 e. The fourth-order valence-corrected chi connectivity index (χ4v) is 1.43. The van der Waals surface area contributed by atoms with Gasteiger partial charge < -0.3 is 19.9 Å². The van der Waals surface area contributed by atoms with E-state index >= 15 is 0 Å². The Balaban J connectivity index is 3.90. The first kappa shape index (κ1) is 19.2. The maximum absolute atomic E-state index is 11.5.